The van der Waals surface area contributed by atoms with E-state index in [1.54, 1.807) is 0 Å². The third-order valence-corrected chi connectivity index (χ3v) is 4.19. The monoisotopic (exact) mass is 289 g/mol. The molecule has 1 atom stereocenters. The lowest BCUT2D eigenvalue weighted by molar-refractivity contribution is -0.476. The number of nitrogens with zero attached hydrogens (tertiary/aromatic N) is 2. The Morgan fingerprint density at radius 2 is 1.81 bits per heavy atom. The number of piperidine rings is 1. The van der Waals surface area contributed by atoms with Gasteiger partial charge in [0.1, 0.15) is 14.1 Å². The molecule has 0 saturated carbocycles. The van der Waals surface area contributed by atoms with Gasteiger partial charge in [-0.2, -0.15) is 0 Å². The van der Waals surface area contributed by atoms with Crippen LogP contribution in [0, 0.1) is 0 Å². The van der Waals surface area contributed by atoms with Crippen LogP contribution in [-0.4, -0.2) is 49.2 Å². The van der Waals surface area contributed by atoms with Gasteiger partial charge >= 0.3 is 5.90 Å². The van der Waals surface area contributed by atoms with Gasteiger partial charge in [0.2, 0.25) is 0 Å². The molecular weight excluding hydrogens is 260 g/mol. The third kappa shape index (κ3) is 4.57. The fourth-order valence-electron chi connectivity index (χ4n) is 3.07. The van der Waals surface area contributed by atoms with Crippen molar-refractivity contribution in [1.82, 2.24) is 4.90 Å². The van der Waals surface area contributed by atoms with Crippen LogP contribution in [0.25, 0.3) is 0 Å². The van der Waals surface area contributed by atoms with Crippen LogP contribution < -0.4 is 0 Å². The van der Waals surface area contributed by atoms with Crippen molar-refractivity contribution in [3.63, 3.8) is 0 Å². The summed E-state index contributed by atoms with van der Waals surface area (Å²) in [5, 5.41) is 0. The lowest BCUT2D eigenvalue weighted by Gasteiger charge is -2.34. The summed E-state index contributed by atoms with van der Waals surface area (Å²) in [6.45, 7) is 5.19. The first-order chi connectivity index (χ1) is 10.2. The Hall–Kier alpha value is -1.35. The van der Waals surface area contributed by atoms with Crippen molar-refractivity contribution >= 4 is 5.90 Å². The van der Waals surface area contributed by atoms with Gasteiger partial charge in [0.05, 0.1) is 13.0 Å². The topological polar surface area (TPSA) is 15.5 Å². The minimum Gasteiger partial charge on any atom is -0.448 e. The van der Waals surface area contributed by atoms with Crippen LogP contribution >= 0.6 is 0 Å². The summed E-state index contributed by atoms with van der Waals surface area (Å²) in [6.07, 6.45) is 4.95. The minimum atomic E-state index is 0.426. The number of rotatable bonds is 5. The van der Waals surface area contributed by atoms with Gasteiger partial charge < -0.3 is 4.74 Å². The molecule has 0 aliphatic carbocycles. The van der Waals surface area contributed by atoms with Gasteiger partial charge in [0.25, 0.3) is 0 Å². The minimum absolute atomic E-state index is 0.426. The second kappa shape index (κ2) is 8.18. The molecule has 0 aromatic heterocycles. The molecule has 1 saturated heterocycles. The maximum atomic E-state index is 5.86. The van der Waals surface area contributed by atoms with E-state index in [0.717, 1.165) is 18.9 Å². The summed E-state index contributed by atoms with van der Waals surface area (Å²) >= 11 is 0. The van der Waals surface area contributed by atoms with Crippen LogP contribution in [0.5, 0.6) is 0 Å². The fourth-order valence-corrected chi connectivity index (χ4v) is 3.07. The van der Waals surface area contributed by atoms with E-state index in [9.17, 15) is 0 Å². The van der Waals surface area contributed by atoms with Gasteiger partial charge in [-0.1, -0.05) is 36.8 Å². The van der Waals surface area contributed by atoms with Crippen molar-refractivity contribution in [3.05, 3.63) is 35.9 Å². The first-order valence-electron chi connectivity index (χ1n) is 8.17. The van der Waals surface area contributed by atoms with Crippen molar-refractivity contribution in [2.45, 2.75) is 38.6 Å². The maximum Gasteiger partial charge on any atom is 0.337 e. The first-order valence-corrected chi connectivity index (χ1v) is 8.17. The molecule has 1 aliphatic heterocycles. The van der Waals surface area contributed by atoms with E-state index >= 15 is 0 Å². The molecular formula is C18H29N2O+. The van der Waals surface area contributed by atoms with Gasteiger partial charge in [0, 0.05) is 6.04 Å². The lowest BCUT2D eigenvalue weighted by Crippen LogP contribution is -2.36. The molecule has 1 aliphatic rings. The van der Waals surface area contributed by atoms with Crippen molar-refractivity contribution in [1.29, 1.82) is 0 Å². The maximum absolute atomic E-state index is 5.86. The molecule has 3 nitrogen and oxygen atoms in total. The molecule has 21 heavy (non-hydrogen) atoms. The van der Waals surface area contributed by atoms with E-state index < -0.39 is 0 Å². The van der Waals surface area contributed by atoms with Gasteiger partial charge in [-0.15, -0.1) is 0 Å². The largest absolute Gasteiger partial charge is 0.448 e. The molecule has 3 heteroatoms. The van der Waals surface area contributed by atoms with E-state index in [2.05, 4.69) is 60.8 Å². The summed E-state index contributed by atoms with van der Waals surface area (Å²) in [7, 11) is 4.15. The second-order valence-corrected chi connectivity index (χ2v) is 5.95. The van der Waals surface area contributed by atoms with Crippen LogP contribution in [0.2, 0.25) is 0 Å². The van der Waals surface area contributed by atoms with E-state index in [-0.39, 0.29) is 0 Å². The highest BCUT2D eigenvalue weighted by Gasteiger charge is 2.27. The molecule has 1 aromatic rings. The molecule has 0 bridgehead atoms. The zero-order chi connectivity index (χ0) is 15.1. The van der Waals surface area contributed by atoms with E-state index in [1.165, 1.54) is 37.9 Å². The number of likely N-dealkylation sites (tertiary alicyclic amines) is 1. The Balaban J connectivity index is 2.21. The highest BCUT2D eigenvalue weighted by molar-refractivity contribution is 5.71. The normalized spacial score (nSPS) is 17.3. The SMILES string of the molecule is CCOC(CC(c1ccccc1)N1CCCCC1)=[N+](C)C. The molecule has 0 amide bonds. The summed E-state index contributed by atoms with van der Waals surface area (Å²) in [5.74, 6) is 1.08. The lowest BCUT2D eigenvalue weighted by atomic mass is 9.99. The number of ether oxygens (including phenoxy) is 1. The second-order valence-electron chi connectivity index (χ2n) is 5.95. The number of hydrogen-bond donors (Lipinski definition) is 0. The Labute approximate surface area is 129 Å². The average Bonchev–Trinajstić information content (AvgIpc) is 2.53. The number of benzene rings is 1. The molecule has 1 heterocycles. The Morgan fingerprint density at radius 3 is 2.38 bits per heavy atom. The Morgan fingerprint density at radius 1 is 1.14 bits per heavy atom. The van der Waals surface area contributed by atoms with Crippen LogP contribution in [0.15, 0.2) is 30.3 Å². The average molecular weight is 289 g/mol. The fraction of sp³-hybridized carbons (Fsp3) is 0.611. The van der Waals surface area contributed by atoms with Crippen LogP contribution in [0.1, 0.15) is 44.2 Å². The molecule has 2 rings (SSSR count). The smallest absolute Gasteiger partial charge is 0.337 e. The van der Waals surface area contributed by atoms with E-state index in [1.807, 2.05) is 0 Å². The summed E-state index contributed by atoms with van der Waals surface area (Å²) in [4.78, 5) is 2.63. The standard InChI is InChI=1S/C18H29N2O/c1-4-21-18(19(2)3)15-17(16-11-7-5-8-12-16)20-13-9-6-10-14-20/h5,7-8,11-12,17H,4,6,9-10,13-15H2,1-3H3/q+1. The van der Waals surface area contributed by atoms with Gasteiger partial charge in [-0.3, -0.25) is 4.90 Å². The Kier molecular flexibility index (Phi) is 6.24. The summed E-state index contributed by atoms with van der Waals surface area (Å²) in [5.41, 5.74) is 1.40. The van der Waals surface area contributed by atoms with Crippen molar-refractivity contribution in [2.24, 2.45) is 0 Å². The molecule has 1 aromatic carbocycles. The molecule has 1 fully saturated rings. The van der Waals surface area contributed by atoms with Crippen molar-refractivity contribution < 1.29 is 9.31 Å². The van der Waals surface area contributed by atoms with Gasteiger partial charge in [-0.05, 0) is 38.4 Å². The van der Waals surface area contributed by atoms with E-state index in [0.29, 0.717) is 6.04 Å². The predicted molar refractivity (Wildman–Crippen MR) is 88.0 cm³/mol. The predicted octanol–water partition coefficient (Wildman–Crippen LogP) is 3.31. The van der Waals surface area contributed by atoms with E-state index in [4.69, 9.17) is 4.74 Å². The zero-order valence-electron chi connectivity index (χ0n) is 13.7. The zero-order valence-corrected chi connectivity index (χ0v) is 13.7. The van der Waals surface area contributed by atoms with Crippen LogP contribution in [0.4, 0.5) is 0 Å². The molecule has 0 radical (unpaired) electrons. The van der Waals surface area contributed by atoms with Crippen molar-refractivity contribution in [2.75, 3.05) is 33.8 Å². The van der Waals surface area contributed by atoms with Crippen molar-refractivity contribution in [3.8, 4) is 0 Å². The molecule has 0 N–H and O–H groups in total. The van der Waals surface area contributed by atoms with Gasteiger partial charge in [0.15, 0.2) is 0 Å². The summed E-state index contributed by atoms with van der Waals surface area (Å²) in [6, 6.07) is 11.3. The quantitative estimate of drug-likeness (QED) is 0.469. The number of hydrogen-bond acceptors (Lipinski definition) is 2. The highest BCUT2D eigenvalue weighted by Crippen LogP contribution is 2.28. The molecule has 116 valence electrons. The summed E-state index contributed by atoms with van der Waals surface area (Å²) < 4.78 is 7.98. The van der Waals surface area contributed by atoms with Crippen LogP contribution in [0.3, 0.4) is 0 Å². The molecule has 1 unspecified atom stereocenters. The third-order valence-electron chi connectivity index (χ3n) is 4.19. The first kappa shape index (κ1) is 16.0. The highest BCUT2D eigenvalue weighted by atomic mass is 16.5. The molecule has 0 spiro atoms. The van der Waals surface area contributed by atoms with Gasteiger partial charge in [-0.25, -0.2) is 4.58 Å². The van der Waals surface area contributed by atoms with Crippen LogP contribution in [-0.2, 0) is 4.74 Å². The Bertz CT molecular complexity index is 446.